The van der Waals surface area contributed by atoms with E-state index in [9.17, 15) is 13.2 Å². The molecular formula is C21H28N2O4S. The Bertz CT molecular complexity index is 895. The van der Waals surface area contributed by atoms with Crippen molar-refractivity contribution in [3.8, 4) is 5.75 Å². The molecule has 0 bridgehead atoms. The van der Waals surface area contributed by atoms with Crippen molar-refractivity contribution in [1.82, 2.24) is 5.32 Å². The van der Waals surface area contributed by atoms with E-state index >= 15 is 0 Å². The van der Waals surface area contributed by atoms with E-state index in [1.54, 1.807) is 19.1 Å². The van der Waals surface area contributed by atoms with Crippen LogP contribution < -0.4 is 14.4 Å². The summed E-state index contributed by atoms with van der Waals surface area (Å²) < 4.78 is 31.7. The Morgan fingerprint density at radius 2 is 1.75 bits per heavy atom. The van der Waals surface area contributed by atoms with Crippen molar-refractivity contribution >= 4 is 21.6 Å². The van der Waals surface area contributed by atoms with Crippen LogP contribution in [0.3, 0.4) is 0 Å². The van der Waals surface area contributed by atoms with E-state index in [0.29, 0.717) is 24.5 Å². The summed E-state index contributed by atoms with van der Waals surface area (Å²) in [5, 5.41) is 2.86. The average molecular weight is 405 g/mol. The van der Waals surface area contributed by atoms with Crippen LogP contribution in [0.4, 0.5) is 5.69 Å². The lowest BCUT2D eigenvalue weighted by molar-refractivity contribution is -0.122. The highest BCUT2D eigenvalue weighted by molar-refractivity contribution is 7.92. The minimum absolute atomic E-state index is 0.261. The maximum Gasteiger partial charge on any atom is 0.244 e. The molecule has 2 aromatic rings. The lowest BCUT2D eigenvalue weighted by atomic mass is 10.1. The second kappa shape index (κ2) is 9.59. The van der Waals surface area contributed by atoms with Gasteiger partial charge in [-0.2, -0.15) is 0 Å². The normalized spacial score (nSPS) is 12.3. The van der Waals surface area contributed by atoms with Crippen LogP contribution in [-0.4, -0.2) is 33.2 Å². The first-order valence-corrected chi connectivity index (χ1v) is 11.2. The van der Waals surface area contributed by atoms with Crippen molar-refractivity contribution in [2.75, 3.05) is 17.2 Å². The number of hydrogen-bond acceptors (Lipinski definition) is 4. The van der Waals surface area contributed by atoms with Crippen LogP contribution in [0.5, 0.6) is 5.75 Å². The highest BCUT2D eigenvalue weighted by Crippen LogP contribution is 2.23. The quantitative estimate of drug-likeness (QED) is 0.696. The molecular weight excluding hydrogens is 376 g/mol. The number of amides is 1. The van der Waals surface area contributed by atoms with E-state index in [-0.39, 0.29) is 12.5 Å². The zero-order valence-electron chi connectivity index (χ0n) is 16.8. The molecule has 1 N–H and O–H groups in total. The van der Waals surface area contributed by atoms with Gasteiger partial charge >= 0.3 is 0 Å². The van der Waals surface area contributed by atoms with Crippen LogP contribution in [0.15, 0.2) is 48.5 Å². The number of nitrogens with one attached hydrogen (secondary N) is 1. The number of sulfonamides is 1. The van der Waals surface area contributed by atoms with Crippen LogP contribution in [0.25, 0.3) is 0 Å². The lowest BCUT2D eigenvalue weighted by Crippen LogP contribution is -2.49. The topological polar surface area (TPSA) is 75.7 Å². The molecule has 0 aliphatic rings. The standard InChI is InChI=1S/C21H28N2O4S/c1-5-19(23(28(4,25)26)18-13-11-16(3)12-14-18)21(24)22-15-17-9-7-8-10-20(17)27-6-2/h7-14,19H,5-6,15H2,1-4H3,(H,22,24). The highest BCUT2D eigenvalue weighted by atomic mass is 32.2. The smallest absolute Gasteiger partial charge is 0.244 e. The molecule has 1 atom stereocenters. The summed E-state index contributed by atoms with van der Waals surface area (Å²) in [4.78, 5) is 12.9. The van der Waals surface area contributed by atoms with E-state index in [2.05, 4.69) is 5.32 Å². The molecule has 7 heteroatoms. The summed E-state index contributed by atoms with van der Waals surface area (Å²) in [6.07, 6.45) is 1.47. The number of carbonyl (C=O) groups excluding carboxylic acids is 1. The van der Waals surface area contributed by atoms with Crippen molar-refractivity contribution in [1.29, 1.82) is 0 Å². The van der Waals surface area contributed by atoms with Gasteiger partial charge in [-0.15, -0.1) is 0 Å². The first kappa shape index (κ1) is 21.8. The first-order valence-electron chi connectivity index (χ1n) is 9.32. The molecule has 2 aromatic carbocycles. The van der Waals surface area contributed by atoms with E-state index in [1.165, 1.54) is 4.31 Å². The summed E-state index contributed by atoms with van der Waals surface area (Å²) in [5.41, 5.74) is 2.33. The third-order valence-corrected chi connectivity index (χ3v) is 5.52. The van der Waals surface area contributed by atoms with Gasteiger partial charge in [-0.3, -0.25) is 9.10 Å². The molecule has 0 aromatic heterocycles. The van der Waals surface area contributed by atoms with Crippen molar-refractivity contribution in [3.05, 3.63) is 59.7 Å². The second-order valence-corrected chi connectivity index (χ2v) is 8.44. The Kier molecular flexibility index (Phi) is 7.45. The molecule has 0 aliphatic heterocycles. The van der Waals surface area contributed by atoms with Gasteiger partial charge in [0.05, 0.1) is 18.6 Å². The number of carbonyl (C=O) groups is 1. The number of benzene rings is 2. The number of hydrogen-bond donors (Lipinski definition) is 1. The predicted molar refractivity (Wildman–Crippen MR) is 112 cm³/mol. The number of ether oxygens (including phenoxy) is 1. The Morgan fingerprint density at radius 3 is 2.32 bits per heavy atom. The largest absolute Gasteiger partial charge is 0.494 e. The number of nitrogens with zero attached hydrogens (tertiary/aromatic N) is 1. The Labute approximate surface area is 167 Å². The van der Waals surface area contributed by atoms with Gasteiger partial charge in [-0.1, -0.05) is 42.8 Å². The van der Waals surface area contributed by atoms with Crippen LogP contribution in [0.1, 0.15) is 31.4 Å². The van der Waals surface area contributed by atoms with Gasteiger partial charge in [-0.05, 0) is 38.5 Å². The zero-order chi connectivity index (χ0) is 20.7. The Balaban J connectivity index is 2.24. The fourth-order valence-corrected chi connectivity index (χ4v) is 4.21. The summed E-state index contributed by atoms with van der Waals surface area (Å²) in [6.45, 7) is 6.40. The number of rotatable bonds is 9. The van der Waals surface area contributed by atoms with Gasteiger partial charge in [0.25, 0.3) is 0 Å². The molecule has 1 amide bonds. The first-order chi connectivity index (χ1) is 13.3. The molecule has 0 saturated heterocycles. The van der Waals surface area contributed by atoms with Crippen LogP contribution >= 0.6 is 0 Å². The number of para-hydroxylation sites is 1. The SMILES string of the molecule is CCOc1ccccc1CNC(=O)C(CC)N(c1ccc(C)cc1)S(C)(=O)=O. The Morgan fingerprint density at radius 1 is 1.11 bits per heavy atom. The van der Waals surface area contributed by atoms with Gasteiger partial charge in [0.1, 0.15) is 11.8 Å². The van der Waals surface area contributed by atoms with Gasteiger partial charge in [0, 0.05) is 12.1 Å². The van der Waals surface area contributed by atoms with Crippen LogP contribution in [0.2, 0.25) is 0 Å². The number of aryl methyl sites for hydroxylation is 1. The molecule has 0 fully saturated rings. The minimum Gasteiger partial charge on any atom is -0.494 e. The average Bonchev–Trinajstić information content (AvgIpc) is 2.65. The summed E-state index contributed by atoms with van der Waals surface area (Å²) in [7, 11) is -3.64. The van der Waals surface area contributed by atoms with Gasteiger partial charge in [-0.25, -0.2) is 8.42 Å². The van der Waals surface area contributed by atoms with Gasteiger partial charge < -0.3 is 10.1 Å². The fourth-order valence-electron chi connectivity index (χ4n) is 3.00. The second-order valence-electron chi connectivity index (χ2n) is 6.58. The van der Waals surface area contributed by atoms with Crippen molar-refractivity contribution in [2.45, 2.75) is 39.8 Å². The maximum absolute atomic E-state index is 12.9. The maximum atomic E-state index is 12.9. The summed E-state index contributed by atoms with van der Waals surface area (Å²) >= 11 is 0. The van der Waals surface area contributed by atoms with Crippen LogP contribution in [0, 0.1) is 6.92 Å². The van der Waals surface area contributed by atoms with E-state index in [1.807, 2.05) is 50.2 Å². The monoisotopic (exact) mass is 404 g/mol. The van der Waals surface area contributed by atoms with E-state index in [0.717, 1.165) is 17.4 Å². The molecule has 0 saturated carbocycles. The Hall–Kier alpha value is -2.54. The number of anilines is 1. The van der Waals surface area contributed by atoms with E-state index in [4.69, 9.17) is 4.74 Å². The van der Waals surface area contributed by atoms with Crippen molar-refractivity contribution in [2.24, 2.45) is 0 Å². The van der Waals surface area contributed by atoms with Crippen molar-refractivity contribution < 1.29 is 17.9 Å². The lowest BCUT2D eigenvalue weighted by Gasteiger charge is -2.30. The molecule has 6 nitrogen and oxygen atoms in total. The zero-order valence-corrected chi connectivity index (χ0v) is 17.6. The summed E-state index contributed by atoms with van der Waals surface area (Å²) in [6, 6.07) is 13.7. The third-order valence-electron chi connectivity index (χ3n) is 4.34. The van der Waals surface area contributed by atoms with E-state index < -0.39 is 16.1 Å². The minimum atomic E-state index is -3.64. The molecule has 0 spiro atoms. The summed E-state index contributed by atoms with van der Waals surface area (Å²) in [5.74, 6) is 0.358. The van der Waals surface area contributed by atoms with Gasteiger partial charge in [0.15, 0.2) is 0 Å². The molecule has 28 heavy (non-hydrogen) atoms. The highest BCUT2D eigenvalue weighted by Gasteiger charge is 2.31. The van der Waals surface area contributed by atoms with Crippen molar-refractivity contribution in [3.63, 3.8) is 0 Å². The molecule has 0 heterocycles. The molecule has 0 radical (unpaired) electrons. The molecule has 1 unspecified atom stereocenters. The van der Waals surface area contributed by atoms with Gasteiger partial charge in [0.2, 0.25) is 15.9 Å². The van der Waals surface area contributed by atoms with Crippen LogP contribution in [-0.2, 0) is 21.4 Å². The third kappa shape index (κ3) is 5.48. The molecule has 152 valence electrons. The molecule has 0 aliphatic carbocycles. The molecule has 2 rings (SSSR count). The predicted octanol–water partition coefficient (Wildman–Crippen LogP) is 3.25. The fraction of sp³-hybridized carbons (Fsp3) is 0.381.